The van der Waals surface area contributed by atoms with Gasteiger partial charge in [0.25, 0.3) is 0 Å². The predicted octanol–water partition coefficient (Wildman–Crippen LogP) is 3.69. The Labute approximate surface area is 117 Å². The molecule has 0 bridgehead atoms. The van der Waals surface area contributed by atoms with E-state index in [0.29, 0.717) is 6.42 Å². The number of halogens is 2. The normalized spacial score (nSPS) is 12.4. The van der Waals surface area contributed by atoms with Gasteiger partial charge in [-0.3, -0.25) is 4.98 Å². The molecule has 19 heavy (non-hydrogen) atoms. The van der Waals surface area contributed by atoms with E-state index in [2.05, 4.69) is 16.4 Å². The molecule has 1 unspecified atom stereocenters. The van der Waals surface area contributed by atoms with Gasteiger partial charge in [-0.25, -0.2) is 4.39 Å². The molecule has 0 aliphatic heterocycles. The molecule has 100 valence electrons. The van der Waals surface area contributed by atoms with Gasteiger partial charge < -0.3 is 5.32 Å². The van der Waals surface area contributed by atoms with E-state index < -0.39 is 0 Å². The highest BCUT2D eigenvalue weighted by Gasteiger charge is 2.14. The molecule has 2 aromatic rings. The minimum atomic E-state index is -0.378. The first-order valence-corrected chi connectivity index (χ1v) is 6.51. The molecule has 2 rings (SSSR count). The molecule has 0 saturated heterocycles. The third-order valence-electron chi connectivity index (χ3n) is 3.10. The Morgan fingerprint density at radius 1 is 1.37 bits per heavy atom. The first-order chi connectivity index (χ1) is 9.11. The van der Waals surface area contributed by atoms with Gasteiger partial charge in [-0.2, -0.15) is 0 Å². The molecular weight excluding hydrogens is 263 g/mol. The number of hydrogen-bond donors (Lipinski definition) is 1. The lowest BCUT2D eigenvalue weighted by molar-refractivity contribution is 0.582. The number of benzene rings is 1. The summed E-state index contributed by atoms with van der Waals surface area (Å²) in [7, 11) is 1.88. The van der Waals surface area contributed by atoms with Crippen LogP contribution in [-0.4, -0.2) is 12.0 Å². The van der Waals surface area contributed by atoms with Crippen molar-refractivity contribution in [3.05, 3.63) is 64.2 Å². The van der Waals surface area contributed by atoms with Crippen molar-refractivity contribution in [3.8, 4) is 0 Å². The fourth-order valence-electron chi connectivity index (χ4n) is 2.08. The van der Waals surface area contributed by atoms with Gasteiger partial charge in [0, 0.05) is 18.4 Å². The maximum atomic E-state index is 13.4. The number of likely N-dealkylation sites (N-methyl/N-ethyl adjacent to an activating group) is 1. The Kier molecular flexibility index (Phi) is 4.51. The monoisotopic (exact) mass is 278 g/mol. The topological polar surface area (TPSA) is 24.9 Å². The molecule has 1 aromatic heterocycles. The van der Waals surface area contributed by atoms with Crippen LogP contribution in [0.5, 0.6) is 0 Å². The highest BCUT2D eigenvalue weighted by atomic mass is 35.5. The number of hydrogen-bond acceptors (Lipinski definition) is 2. The molecule has 0 aliphatic rings. The van der Waals surface area contributed by atoms with E-state index in [1.165, 1.54) is 6.07 Å². The summed E-state index contributed by atoms with van der Waals surface area (Å²) >= 11 is 5.99. The summed E-state index contributed by atoms with van der Waals surface area (Å²) in [6.07, 6.45) is 4.25. The average molecular weight is 279 g/mol. The summed E-state index contributed by atoms with van der Waals surface area (Å²) in [6.45, 7) is 2.00. The molecule has 4 heteroatoms. The standard InChI is InChI=1S/C15H16ClFN2/c1-10-6-12(9-19-8-10)14(18-2)7-11-4-3-5-13(17)15(11)16/h3-6,8-9,14,18H,7H2,1-2H3. The van der Waals surface area contributed by atoms with Crippen molar-refractivity contribution in [1.29, 1.82) is 0 Å². The number of nitrogens with zero attached hydrogens (tertiary/aromatic N) is 1. The maximum absolute atomic E-state index is 13.4. The van der Waals surface area contributed by atoms with Crippen LogP contribution in [0.25, 0.3) is 0 Å². The van der Waals surface area contributed by atoms with Crippen molar-refractivity contribution in [3.63, 3.8) is 0 Å². The van der Waals surface area contributed by atoms with E-state index in [1.54, 1.807) is 6.07 Å². The zero-order valence-electron chi connectivity index (χ0n) is 11.0. The summed E-state index contributed by atoms with van der Waals surface area (Å²) in [5, 5.41) is 3.42. The van der Waals surface area contributed by atoms with Crippen LogP contribution in [0, 0.1) is 12.7 Å². The second-order valence-electron chi connectivity index (χ2n) is 4.55. The van der Waals surface area contributed by atoms with E-state index in [4.69, 9.17) is 11.6 Å². The van der Waals surface area contributed by atoms with E-state index in [0.717, 1.165) is 16.7 Å². The summed E-state index contributed by atoms with van der Waals surface area (Å²) in [6, 6.07) is 7.03. The van der Waals surface area contributed by atoms with Crippen LogP contribution < -0.4 is 5.32 Å². The van der Waals surface area contributed by atoms with Crippen molar-refractivity contribution >= 4 is 11.6 Å². The lowest BCUT2D eigenvalue weighted by Crippen LogP contribution is -2.19. The van der Waals surface area contributed by atoms with Crippen molar-refractivity contribution in [2.45, 2.75) is 19.4 Å². The summed E-state index contributed by atoms with van der Waals surface area (Å²) in [5.41, 5.74) is 2.97. The van der Waals surface area contributed by atoms with Gasteiger partial charge in [-0.1, -0.05) is 29.8 Å². The SMILES string of the molecule is CNC(Cc1cccc(F)c1Cl)c1cncc(C)c1. The molecule has 0 spiro atoms. The van der Waals surface area contributed by atoms with Gasteiger partial charge in [0.2, 0.25) is 0 Å². The molecule has 0 radical (unpaired) electrons. The van der Waals surface area contributed by atoms with Gasteiger partial charge in [0.1, 0.15) is 5.82 Å². The average Bonchev–Trinajstić information content (AvgIpc) is 2.40. The minimum Gasteiger partial charge on any atom is -0.313 e. The second kappa shape index (κ2) is 6.13. The first kappa shape index (κ1) is 14.0. The van der Waals surface area contributed by atoms with Gasteiger partial charge in [-0.15, -0.1) is 0 Å². The zero-order chi connectivity index (χ0) is 13.8. The van der Waals surface area contributed by atoms with Gasteiger partial charge in [-0.05, 0) is 43.1 Å². The van der Waals surface area contributed by atoms with E-state index >= 15 is 0 Å². The molecule has 0 saturated carbocycles. The highest BCUT2D eigenvalue weighted by molar-refractivity contribution is 6.31. The number of aryl methyl sites for hydroxylation is 1. The van der Waals surface area contributed by atoms with E-state index in [1.807, 2.05) is 32.4 Å². The largest absolute Gasteiger partial charge is 0.313 e. The van der Waals surface area contributed by atoms with Crippen molar-refractivity contribution < 1.29 is 4.39 Å². The summed E-state index contributed by atoms with van der Waals surface area (Å²) < 4.78 is 13.4. The Morgan fingerprint density at radius 2 is 2.16 bits per heavy atom. The first-order valence-electron chi connectivity index (χ1n) is 6.13. The Bertz CT molecular complexity index is 572. The molecule has 1 aromatic carbocycles. The fourth-order valence-corrected chi connectivity index (χ4v) is 2.28. The molecule has 0 amide bonds. The van der Waals surface area contributed by atoms with Crippen LogP contribution in [0.3, 0.4) is 0 Å². The molecule has 1 atom stereocenters. The minimum absolute atomic E-state index is 0.0618. The Balaban J connectivity index is 2.26. The fraction of sp³-hybridized carbons (Fsp3) is 0.267. The molecule has 1 heterocycles. The number of rotatable bonds is 4. The Morgan fingerprint density at radius 3 is 2.84 bits per heavy atom. The van der Waals surface area contributed by atoms with Crippen LogP contribution in [0.1, 0.15) is 22.7 Å². The quantitative estimate of drug-likeness (QED) is 0.923. The molecule has 2 nitrogen and oxygen atoms in total. The summed E-state index contributed by atoms with van der Waals surface area (Å²) in [4.78, 5) is 4.19. The molecule has 0 aliphatic carbocycles. The van der Waals surface area contributed by atoms with Crippen molar-refractivity contribution in [2.24, 2.45) is 0 Å². The smallest absolute Gasteiger partial charge is 0.142 e. The van der Waals surface area contributed by atoms with E-state index in [-0.39, 0.29) is 16.9 Å². The summed E-state index contributed by atoms with van der Waals surface area (Å²) in [5.74, 6) is -0.378. The number of aromatic nitrogens is 1. The number of pyridine rings is 1. The van der Waals surface area contributed by atoms with Crippen LogP contribution in [-0.2, 0) is 6.42 Å². The number of nitrogens with one attached hydrogen (secondary N) is 1. The van der Waals surface area contributed by atoms with Crippen LogP contribution in [0.2, 0.25) is 5.02 Å². The van der Waals surface area contributed by atoms with Gasteiger partial charge in [0.15, 0.2) is 0 Å². The van der Waals surface area contributed by atoms with Crippen LogP contribution in [0.4, 0.5) is 4.39 Å². The lowest BCUT2D eigenvalue weighted by Gasteiger charge is -2.17. The molecule has 1 N–H and O–H groups in total. The van der Waals surface area contributed by atoms with Crippen molar-refractivity contribution in [1.82, 2.24) is 10.3 Å². The van der Waals surface area contributed by atoms with Crippen LogP contribution in [0.15, 0.2) is 36.7 Å². The highest BCUT2D eigenvalue weighted by Crippen LogP contribution is 2.25. The maximum Gasteiger partial charge on any atom is 0.142 e. The zero-order valence-corrected chi connectivity index (χ0v) is 11.7. The van der Waals surface area contributed by atoms with Gasteiger partial charge >= 0.3 is 0 Å². The third kappa shape index (κ3) is 3.31. The van der Waals surface area contributed by atoms with E-state index in [9.17, 15) is 4.39 Å². The molecular formula is C15H16ClFN2. The predicted molar refractivity (Wildman–Crippen MR) is 75.9 cm³/mol. The second-order valence-corrected chi connectivity index (χ2v) is 4.93. The van der Waals surface area contributed by atoms with Crippen LogP contribution >= 0.6 is 11.6 Å². The lowest BCUT2D eigenvalue weighted by atomic mass is 9.99. The third-order valence-corrected chi connectivity index (χ3v) is 3.53. The Hall–Kier alpha value is -1.45. The molecule has 0 fully saturated rings. The van der Waals surface area contributed by atoms with Crippen molar-refractivity contribution in [2.75, 3.05) is 7.05 Å². The van der Waals surface area contributed by atoms with Gasteiger partial charge in [0.05, 0.1) is 5.02 Å².